The Labute approximate surface area is 145 Å². The van der Waals surface area contributed by atoms with Gasteiger partial charge in [-0.25, -0.2) is 13.6 Å². The smallest absolute Gasteiger partial charge is 0.329 e. The van der Waals surface area contributed by atoms with Gasteiger partial charge < -0.3 is 10.3 Å². The third-order valence-electron chi connectivity index (χ3n) is 3.89. The zero-order valence-electron chi connectivity index (χ0n) is 13.6. The van der Waals surface area contributed by atoms with Gasteiger partial charge in [0.2, 0.25) is 5.91 Å². The lowest BCUT2D eigenvalue weighted by atomic mass is 10.1. The minimum absolute atomic E-state index is 0.0868. The molecular formula is C17H14F2N4O3. The number of aromatic nitrogens is 3. The molecule has 26 heavy (non-hydrogen) atoms. The largest absolute Gasteiger partial charge is 0.348 e. The van der Waals surface area contributed by atoms with Crippen LogP contribution in [0.2, 0.25) is 0 Å². The van der Waals surface area contributed by atoms with Crippen LogP contribution in [0.25, 0.3) is 10.9 Å². The van der Waals surface area contributed by atoms with E-state index in [1.807, 2.05) is 0 Å². The summed E-state index contributed by atoms with van der Waals surface area (Å²) in [6.07, 6.45) is 2.71. The Morgan fingerprint density at radius 2 is 2.08 bits per heavy atom. The zero-order valence-corrected chi connectivity index (χ0v) is 13.6. The summed E-state index contributed by atoms with van der Waals surface area (Å²) in [4.78, 5) is 42.9. The number of amides is 1. The summed E-state index contributed by atoms with van der Waals surface area (Å²) in [5, 5.41) is 2.64. The van der Waals surface area contributed by atoms with Gasteiger partial charge in [-0.15, -0.1) is 0 Å². The molecule has 9 heteroatoms. The molecule has 2 N–H and O–H groups in total. The van der Waals surface area contributed by atoms with Crippen molar-refractivity contribution < 1.29 is 13.6 Å². The molecule has 1 amide bonds. The van der Waals surface area contributed by atoms with Gasteiger partial charge in [-0.2, -0.15) is 0 Å². The summed E-state index contributed by atoms with van der Waals surface area (Å²) >= 11 is 0. The van der Waals surface area contributed by atoms with Crippen LogP contribution in [0, 0.1) is 11.6 Å². The van der Waals surface area contributed by atoms with Gasteiger partial charge in [-0.1, -0.05) is 6.07 Å². The van der Waals surface area contributed by atoms with Crippen LogP contribution in [0.1, 0.15) is 18.5 Å². The van der Waals surface area contributed by atoms with Crippen LogP contribution in [0.5, 0.6) is 0 Å². The predicted octanol–water partition coefficient (Wildman–Crippen LogP) is 1.24. The summed E-state index contributed by atoms with van der Waals surface area (Å²) in [6, 6.07) is 3.70. The Bertz CT molecular complexity index is 1110. The quantitative estimate of drug-likeness (QED) is 0.732. The van der Waals surface area contributed by atoms with Crippen LogP contribution in [0.15, 0.2) is 46.2 Å². The van der Waals surface area contributed by atoms with Crippen LogP contribution in [0.4, 0.5) is 8.78 Å². The zero-order chi connectivity index (χ0) is 18.8. The maximum Gasteiger partial charge on any atom is 0.329 e. The lowest BCUT2D eigenvalue weighted by Crippen LogP contribution is -2.41. The second-order valence-corrected chi connectivity index (χ2v) is 5.70. The highest BCUT2D eigenvalue weighted by atomic mass is 19.1. The number of hydrogen-bond donors (Lipinski definition) is 2. The van der Waals surface area contributed by atoms with E-state index >= 15 is 0 Å². The highest BCUT2D eigenvalue weighted by Crippen LogP contribution is 2.17. The molecule has 134 valence electrons. The number of fused-ring (bicyclic) bond motifs is 1. The van der Waals surface area contributed by atoms with Gasteiger partial charge in [-0.3, -0.25) is 19.1 Å². The first kappa shape index (κ1) is 17.5. The van der Waals surface area contributed by atoms with Crippen molar-refractivity contribution in [1.29, 1.82) is 0 Å². The first-order valence-corrected chi connectivity index (χ1v) is 7.68. The predicted molar refractivity (Wildman–Crippen MR) is 89.5 cm³/mol. The van der Waals surface area contributed by atoms with Gasteiger partial charge in [0, 0.05) is 24.0 Å². The summed E-state index contributed by atoms with van der Waals surface area (Å²) in [7, 11) is 0. The molecule has 2 heterocycles. The lowest BCUT2D eigenvalue weighted by molar-refractivity contribution is -0.122. The average Bonchev–Trinajstić information content (AvgIpc) is 2.58. The van der Waals surface area contributed by atoms with Gasteiger partial charge in [0.1, 0.15) is 18.2 Å². The van der Waals surface area contributed by atoms with E-state index in [1.165, 1.54) is 31.5 Å². The second-order valence-electron chi connectivity index (χ2n) is 5.70. The monoisotopic (exact) mass is 360 g/mol. The molecule has 7 nitrogen and oxygen atoms in total. The average molecular weight is 360 g/mol. The molecule has 0 spiro atoms. The fourth-order valence-corrected chi connectivity index (χ4v) is 2.60. The number of nitrogens with one attached hydrogen (secondary N) is 2. The van der Waals surface area contributed by atoms with Gasteiger partial charge in [-0.05, 0) is 19.1 Å². The molecule has 0 radical (unpaired) electrons. The highest BCUT2D eigenvalue weighted by molar-refractivity contribution is 5.78. The Balaban J connectivity index is 1.83. The Kier molecular flexibility index (Phi) is 4.61. The summed E-state index contributed by atoms with van der Waals surface area (Å²) in [5.41, 5.74) is -1.01. The summed E-state index contributed by atoms with van der Waals surface area (Å²) in [5.74, 6) is -2.20. The van der Waals surface area contributed by atoms with Crippen molar-refractivity contribution in [3.8, 4) is 0 Å². The number of aromatic amines is 1. The summed E-state index contributed by atoms with van der Waals surface area (Å²) in [6.45, 7) is 0.956. The number of rotatable bonds is 4. The molecule has 0 fully saturated rings. The molecule has 1 atom stereocenters. The van der Waals surface area contributed by atoms with E-state index in [0.717, 1.165) is 10.6 Å². The Morgan fingerprint density at radius 1 is 1.31 bits per heavy atom. The Hall–Kier alpha value is -3.36. The van der Waals surface area contributed by atoms with E-state index in [-0.39, 0.29) is 10.9 Å². The van der Waals surface area contributed by atoms with E-state index in [2.05, 4.69) is 15.3 Å². The molecule has 1 aromatic carbocycles. The van der Waals surface area contributed by atoms with Crippen molar-refractivity contribution in [2.24, 2.45) is 0 Å². The van der Waals surface area contributed by atoms with Crippen LogP contribution in [0.3, 0.4) is 0 Å². The number of pyridine rings is 1. The van der Waals surface area contributed by atoms with Crippen LogP contribution in [-0.2, 0) is 11.3 Å². The van der Waals surface area contributed by atoms with Gasteiger partial charge in [0.05, 0.1) is 16.9 Å². The standard InChI is InChI=1S/C17H14F2N4O3/c1-9(11-3-2-10(18)6-13(11)19)21-15(24)8-23-16(25)12-7-20-5-4-14(12)22-17(23)26/h2-7,9H,8H2,1H3,(H,21,24)(H,22,26)/t9-/m0/s1. The van der Waals surface area contributed by atoms with Crippen LogP contribution < -0.4 is 16.6 Å². The maximum atomic E-state index is 13.8. The molecule has 0 saturated heterocycles. The molecule has 3 aromatic rings. The fourth-order valence-electron chi connectivity index (χ4n) is 2.60. The number of H-pyrrole nitrogens is 1. The van der Waals surface area contributed by atoms with Crippen molar-refractivity contribution in [2.45, 2.75) is 19.5 Å². The van der Waals surface area contributed by atoms with Crippen molar-refractivity contribution in [1.82, 2.24) is 19.9 Å². The Morgan fingerprint density at radius 3 is 2.81 bits per heavy atom. The van der Waals surface area contributed by atoms with Crippen LogP contribution >= 0.6 is 0 Å². The van der Waals surface area contributed by atoms with Gasteiger partial charge in [0.15, 0.2) is 0 Å². The van der Waals surface area contributed by atoms with Crippen molar-refractivity contribution in [3.05, 3.63) is 74.7 Å². The number of nitrogens with zero attached hydrogens (tertiary/aromatic N) is 2. The van der Waals surface area contributed by atoms with E-state index in [1.54, 1.807) is 0 Å². The molecule has 0 aliphatic heterocycles. The maximum absolute atomic E-state index is 13.8. The number of hydrogen-bond acceptors (Lipinski definition) is 4. The van der Waals surface area contributed by atoms with E-state index in [0.29, 0.717) is 11.6 Å². The van der Waals surface area contributed by atoms with E-state index < -0.39 is 41.4 Å². The number of carbonyl (C=O) groups excluding carboxylic acids is 1. The first-order valence-electron chi connectivity index (χ1n) is 7.68. The third kappa shape index (κ3) is 3.37. The topological polar surface area (TPSA) is 96.8 Å². The van der Waals surface area contributed by atoms with Crippen LogP contribution in [-0.4, -0.2) is 20.4 Å². The normalized spacial score (nSPS) is 12.1. The number of carbonyl (C=O) groups is 1. The molecule has 0 unspecified atom stereocenters. The minimum Gasteiger partial charge on any atom is -0.348 e. The number of halogens is 2. The molecule has 2 aromatic heterocycles. The van der Waals surface area contributed by atoms with Gasteiger partial charge in [0.25, 0.3) is 5.56 Å². The SMILES string of the molecule is C[C@H](NC(=O)Cn1c(=O)[nH]c2ccncc2c1=O)c1ccc(F)cc1F. The van der Waals surface area contributed by atoms with E-state index in [9.17, 15) is 23.2 Å². The highest BCUT2D eigenvalue weighted by Gasteiger charge is 2.16. The summed E-state index contributed by atoms with van der Waals surface area (Å²) < 4.78 is 27.5. The molecule has 0 saturated carbocycles. The molecule has 3 rings (SSSR count). The van der Waals surface area contributed by atoms with Crippen molar-refractivity contribution in [3.63, 3.8) is 0 Å². The second kappa shape index (κ2) is 6.87. The molecular weight excluding hydrogens is 346 g/mol. The molecule has 0 aliphatic rings. The minimum atomic E-state index is -0.801. The van der Waals surface area contributed by atoms with Crippen molar-refractivity contribution >= 4 is 16.8 Å². The fraction of sp³-hybridized carbons (Fsp3) is 0.176. The first-order chi connectivity index (χ1) is 12.4. The van der Waals surface area contributed by atoms with Gasteiger partial charge >= 0.3 is 5.69 Å². The molecule has 0 bridgehead atoms. The van der Waals surface area contributed by atoms with Crippen molar-refractivity contribution in [2.75, 3.05) is 0 Å². The number of benzene rings is 1. The molecule has 0 aliphatic carbocycles. The van der Waals surface area contributed by atoms with E-state index in [4.69, 9.17) is 0 Å². The lowest BCUT2D eigenvalue weighted by Gasteiger charge is -2.15. The third-order valence-corrected chi connectivity index (χ3v) is 3.89.